The van der Waals surface area contributed by atoms with Crippen LogP contribution in [0.4, 0.5) is 17.5 Å². The van der Waals surface area contributed by atoms with E-state index in [-0.39, 0.29) is 0 Å². The van der Waals surface area contributed by atoms with Gasteiger partial charge >= 0.3 is 0 Å². The molecule has 1 aliphatic heterocycles. The molecule has 27 heavy (non-hydrogen) atoms. The van der Waals surface area contributed by atoms with E-state index >= 15 is 0 Å². The van der Waals surface area contributed by atoms with Gasteiger partial charge in [-0.25, -0.2) is 4.98 Å². The Hall–Kier alpha value is -3.13. The van der Waals surface area contributed by atoms with Crippen LogP contribution in [0.1, 0.15) is 12.8 Å². The summed E-state index contributed by atoms with van der Waals surface area (Å²) in [6, 6.07) is 7.85. The Kier molecular flexibility index (Phi) is 4.10. The standard InChI is InChI=1S/C19H21N7O/c1-2-14(9-16-13(1)11-22-26-16)23-19-24-15-5-8-27-17(15)18(25-19)21-10-12-3-6-20-7-4-12/h1-2,5,8-9,11-12,20H,3-4,6-7,10H2,(H,22,26)(H2,21,23,24,25). The molecule has 3 aromatic heterocycles. The first-order chi connectivity index (χ1) is 13.3. The van der Waals surface area contributed by atoms with Crippen LogP contribution in [0.25, 0.3) is 22.0 Å². The predicted molar refractivity (Wildman–Crippen MR) is 105 cm³/mol. The van der Waals surface area contributed by atoms with Crippen molar-refractivity contribution in [3.05, 3.63) is 36.7 Å². The molecule has 0 atom stereocenters. The summed E-state index contributed by atoms with van der Waals surface area (Å²) in [7, 11) is 0. The van der Waals surface area contributed by atoms with Gasteiger partial charge in [0.25, 0.3) is 0 Å². The van der Waals surface area contributed by atoms with E-state index in [1.54, 1.807) is 12.5 Å². The van der Waals surface area contributed by atoms with Gasteiger partial charge in [-0.3, -0.25) is 5.10 Å². The highest BCUT2D eigenvalue weighted by atomic mass is 16.3. The third-order valence-electron chi connectivity index (χ3n) is 5.02. The van der Waals surface area contributed by atoms with Crippen LogP contribution in [0.3, 0.4) is 0 Å². The topological polar surface area (TPSA) is 104 Å². The van der Waals surface area contributed by atoms with Crippen LogP contribution < -0.4 is 16.0 Å². The van der Waals surface area contributed by atoms with Crippen molar-refractivity contribution < 1.29 is 4.42 Å². The molecule has 0 radical (unpaired) electrons. The second kappa shape index (κ2) is 6.88. The SMILES string of the molecule is c1cc2nc(Nc3ccc4cn[nH]c4c3)nc(NCC3CCNCC3)c2o1. The summed E-state index contributed by atoms with van der Waals surface area (Å²) >= 11 is 0. The number of nitrogens with zero attached hydrogens (tertiary/aromatic N) is 3. The summed E-state index contributed by atoms with van der Waals surface area (Å²) in [5, 5.41) is 18.2. The van der Waals surface area contributed by atoms with Crippen molar-refractivity contribution in [1.29, 1.82) is 0 Å². The average Bonchev–Trinajstić information content (AvgIpc) is 3.35. The maximum absolute atomic E-state index is 5.60. The van der Waals surface area contributed by atoms with Crippen molar-refractivity contribution in [3.8, 4) is 0 Å². The Balaban J connectivity index is 1.40. The number of hydrogen-bond donors (Lipinski definition) is 4. The van der Waals surface area contributed by atoms with Crippen molar-refractivity contribution in [2.24, 2.45) is 5.92 Å². The monoisotopic (exact) mass is 363 g/mol. The fourth-order valence-corrected chi connectivity index (χ4v) is 3.51. The molecule has 1 saturated heterocycles. The predicted octanol–water partition coefficient (Wildman–Crippen LogP) is 3.25. The number of nitrogens with one attached hydrogen (secondary N) is 4. The minimum atomic E-state index is 0.538. The van der Waals surface area contributed by atoms with Crippen LogP contribution >= 0.6 is 0 Å². The van der Waals surface area contributed by atoms with Crippen LogP contribution in [0.15, 0.2) is 41.1 Å². The second-order valence-electron chi connectivity index (χ2n) is 6.90. The van der Waals surface area contributed by atoms with E-state index in [1.165, 1.54) is 12.8 Å². The molecule has 138 valence electrons. The zero-order valence-corrected chi connectivity index (χ0v) is 14.8. The number of aromatic amines is 1. The molecule has 1 aliphatic rings. The maximum Gasteiger partial charge on any atom is 0.229 e. The Morgan fingerprint density at radius 3 is 3.00 bits per heavy atom. The minimum absolute atomic E-state index is 0.538. The number of benzene rings is 1. The van der Waals surface area contributed by atoms with Gasteiger partial charge in [0.1, 0.15) is 5.52 Å². The van der Waals surface area contributed by atoms with E-state index in [9.17, 15) is 0 Å². The number of rotatable bonds is 5. The van der Waals surface area contributed by atoms with E-state index < -0.39 is 0 Å². The summed E-state index contributed by atoms with van der Waals surface area (Å²) in [5.41, 5.74) is 3.34. The number of aromatic nitrogens is 4. The zero-order chi connectivity index (χ0) is 18.1. The van der Waals surface area contributed by atoms with E-state index in [0.29, 0.717) is 17.4 Å². The lowest BCUT2D eigenvalue weighted by molar-refractivity contribution is 0.389. The zero-order valence-electron chi connectivity index (χ0n) is 14.8. The van der Waals surface area contributed by atoms with Gasteiger partial charge in [0.05, 0.1) is 18.0 Å². The van der Waals surface area contributed by atoms with Crippen LogP contribution in [-0.4, -0.2) is 39.8 Å². The Morgan fingerprint density at radius 1 is 1.15 bits per heavy atom. The van der Waals surface area contributed by atoms with Crippen molar-refractivity contribution in [3.63, 3.8) is 0 Å². The molecule has 5 rings (SSSR count). The largest absolute Gasteiger partial charge is 0.459 e. The number of hydrogen-bond acceptors (Lipinski definition) is 7. The summed E-state index contributed by atoms with van der Waals surface area (Å²) in [5.74, 6) is 1.91. The Morgan fingerprint density at radius 2 is 2.07 bits per heavy atom. The molecule has 0 aliphatic carbocycles. The Labute approximate surface area is 155 Å². The highest BCUT2D eigenvalue weighted by Crippen LogP contribution is 2.26. The molecule has 1 aromatic carbocycles. The lowest BCUT2D eigenvalue weighted by Gasteiger charge is -2.23. The number of furan rings is 1. The molecule has 8 nitrogen and oxygen atoms in total. The first kappa shape index (κ1) is 16.1. The number of fused-ring (bicyclic) bond motifs is 2. The summed E-state index contributed by atoms with van der Waals surface area (Å²) in [4.78, 5) is 9.21. The molecule has 0 amide bonds. The molecule has 0 bridgehead atoms. The van der Waals surface area contributed by atoms with Gasteiger partial charge in [-0.1, -0.05) is 0 Å². The van der Waals surface area contributed by atoms with Gasteiger partial charge < -0.3 is 20.4 Å². The highest BCUT2D eigenvalue weighted by molar-refractivity contribution is 5.86. The minimum Gasteiger partial charge on any atom is -0.459 e. The lowest BCUT2D eigenvalue weighted by atomic mass is 9.98. The number of H-pyrrole nitrogens is 1. The fraction of sp³-hybridized carbons (Fsp3) is 0.316. The van der Waals surface area contributed by atoms with Gasteiger partial charge in [-0.2, -0.15) is 10.1 Å². The third-order valence-corrected chi connectivity index (χ3v) is 5.02. The van der Waals surface area contributed by atoms with Crippen LogP contribution in [0.5, 0.6) is 0 Å². The molecule has 8 heteroatoms. The first-order valence-corrected chi connectivity index (χ1v) is 9.25. The van der Waals surface area contributed by atoms with Gasteiger partial charge in [0.15, 0.2) is 11.4 Å². The second-order valence-corrected chi connectivity index (χ2v) is 6.90. The fourth-order valence-electron chi connectivity index (χ4n) is 3.51. The smallest absolute Gasteiger partial charge is 0.229 e. The van der Waals surface area contributed by atoms with Gasteiger partial charge in [-0.15, -0.1) is 0 Å². The molecule has 0 spiro atoms. The van der Waals surface area contributed by atoms with Gasteiger partial charge in [0.2, 0.25) is 5.95 Å². The van der Waals surface area contributed by atoms with E-state index in [4.69, 9.17) is 4.42 Å². The van der Waals surface area contributed by atoms with Crippen molar-refractivity contribution in [1.82, 2.24) is 25.5 Å². The normalized spacial score (nSPS) is 15.4. The van der Waals surface area contributed by atoms with E-state index in [2.05, 4.69) is 36.1 Å². The van der Waals surface area contributed by atoms with E-state index in [1.807, 2.05) is 24.3 Å². The van der Waals surface area contributed by atoms with Gasteiger partial charge in [-0.05, 0) is 50.0 Å². The average molecular weight is 363 g/mol. The molecule has 4 N–H and O–H groups in total. The maximum atomic E-state index is 5.60. The quantitative estimate of drug-likeness (QED) is 0.431. The molecule has 1 fully saturated rings. The Bertz CT molecular complexity index is 1060. The van der Waals surface area contributed by atoms with Crippen molar-refractivity contribution in [2.75, 3.05) is 30.3 Å². The lowest BCUT2D eigenvalue weighted by Crippen LogP contribution is -2.31. The molecule has 0 unspecified atom stereocenters. The summed E-state index contributed by atoms with van der Waals surface area (Å²) in [6.45, 7) is 3.04. The van der Waals surface area contributed by atoms with Crippen molar-refractivity contribution in [2.45, 2.75) is 12.8 Å². The number of piperidine rings is 1. The molecule has 4 heterocycles. The summed E-state index contributed by atoms with van der Waals surface area (Å²) < 4.78 is 5.60. The van der Waals surface area contributed by atoms with E-state index in [0.717, 1.165) is 47.6 Å². The molecule has 0 saturated carbocycles. The van der Waals surface area contributed by atoms with Crippen LogP contribution in [0, 0.1) is 5.92 Å². The molecular formula is C19H21N7O. The molecular weight excluding hydrogens is 342 g/mol. The summed E-state index contributed by atoms with van der Waals surface area (Å²) in [6.07, 6.45) is 5.80. The molecule has 4 aromatic rings. The highest BCUT2D eigenvalue weighted by Gasteiger charge is 2.16. The van der Waals surface area contributed by atoms with Crippen LogP contribution in [0.2, 0.25) is 0 Å². The number of anilines is 3. The van der Waals surface area contributed by atoms with Crippen molar-refractivity contribution >= 4 is 39.5 Å². The van der Waals surface area contributed by atoms with Gasteiger partial charge in [0, 0.05) is 23.7 Å². The van der Waals surface area contributed by atoms with Crippen LogP contribution in [-0.2, 0) is 0 Å². The first-order valence-electron chi connectivity index (χ1n) is 9.25. The third kappa shape index (κ3) is 3.31.